The normalized spacial score (nSPS) is 12.6. The molecule has 0 aliphatic rings. The highest BCUT2D eigenvalue weighted by molar-refractivity contribution is 7.99. The molecule has 0 bridgehead atoms. The molecule has 0 spiro atoms. The summed E-state index contributed by atoms with van der Waals surface area (Å²) >= 11 is 1.52. The molecule has 1 atom stereocenters. The van der Waals surface area contributed by atoms with E-state index in [1.54, 1.807) is 0 Å². The standard InChI is InChI=1S/C12H15N3OS/c1-2-17-12-15-14-11(16-12)10(13)8-9-6-4-3-5-7-9/h3-7,10H,2,8,13H2,1H3/t10-/m1/s1. The van der Waals surface area contributed by atoms with Gasteiger partial charge in [-0.3, -0.25) is 0 Å². The van der Waals surface area contributed by atoms with Crippen LogP contribution >= 0.6 is 11.8 Å². The molecule has 90 valence electrons. The maximum atomic E-state index is 6.03. The van der Waals surface area contributed by atoms with Gasteiger partial charge in [0.15, 0.2) is 0 Å². The molecule has 1 heterocycles. The number of benzene rings is 1. The van der Waals surface area contributed by atoms with E-state index in [0.29, 0.717) is 17.5 Å². The van der Waals surface area contributed by atoms with Gasteiger partial charge < -0.3 is 10.2 Å². The monoisotopic (exact) mass is 249 g/mol. The summed E-state index contributed by atoms with van der Waals surface area (Å²) in [6.07, 6.45) is 0.708. The van der Waals surface area contributed by atoms with Gasteiger partial charge in [0.2, 0.25) is 5.89 Å². The van der Waals surface area contributed by atoms with E-state index in [1.807, 2.05) is 37.3 Å². The predicted octanol–water partition coefficient (Wildman–Crippen LogP) is 2.42. The molecule has 2 N–H and O–H groups in total. The van der Waals surface area contributed by atoms with Gasteiger partial charge in [0.1, 0.15) is 0 Å². The smallest absolute Gasteiger partial charge is 0.276 e. The molecule has 1 aromatic heterocycles. The van der Waals surface area contributed by atoms with Crippen molar-refractivity contribution in [3.05, 3.63) is 41.8 Å². The van der Waals surface area contributed by atoms with Crippen molar-refractivity contribution in [3.63, 3.8) is 0 Å². The van der Waals surface area contributed by atoms with E-state index in [1.165, 1.54) is 17.3 Å². The lowest BCUT2D eigenvalue weighted by atomic mass is 10.1. The second-order valence-corrected chi connectivity index (χ2v) is 4.85. The molecule has 2 rings (SSSR count). The highest BCUT2D eigenvalue weighted by Gasteiger charge is 2.14. The summed E-state index contributed by atoms with van der Waals surface area (Å²) in [7, 11) is 0. The quantitative estimate of drug-likeness (QED) is 0.824. The zero-order valence-electron chi connectivity index (χ0n) is 9.67. The molecule has 0 saturated heterocycles. The first-order chi connectivity index (χ1) is 8.29. The SMILES string of the molecule is CCSc1nnc([C@H](N)Cc2ccccc2)o1. The Hall–Kier alpha value is -1.33. The number of rotatable bonds is 5. The number of hydrogen-bond donors (Lipinski definition) is 1. The predicted molar refractivity (Wildman–Crippen MR) is 67.8 cm³/mol. The minimum absolute atomic E-state index is 0.240. The maximum Gasteiger partial charge on any atom is 0.276 e. The van der Waals surface area contributed by atoms with Gasteiger partial charge in [-0.15, -0.1) is 10.2 Å². The first kappa shape index (κ1) is 12.1. The van der Waals surface area contributed by atoms with Crippen LogP contribution in [0, 0.1) is 0 Å². The molecule has 0 saturated carbocycles. The third kappa shape index (κ3) is 3.31. The lowest BCUT2D eigenvalue weighted by molar-refractivity contribution is 0.385. The van der Waals surface area contributed by atoms with Gasteiger partial charge in [-0.25, -0.2) is 0 Å². The zero-order chi connectivity index (χ0) is 12.1. The van der Waals surface area contributed by atoms with Crippen LogP contribution in [0.25, 0.3) is 0 Å². The van der Waals surface area contributed by atoms with Crippen LogP contribution in [0.1, 0.15) is 24.4 Å². The first-order valence-corrected chi connectivity index (χ1v) is 6.54. The summed E-state index contributed by atoms with van der Waals surface area (Å²) in [5.41, 5.74) is 7.20. The Kier molecular flexibility index (Phi) is 4.17. The molecule has 0 fully saturated rings. The van der Waals surface area contributed by atoms with Crippen LogP contribution in [0.3, 0.4) is 0 Å². The van der Waals surface area contributed by atoms with E-state index in [4.69, 9.17) is 10.2 Å². The van der Waals surface area contributed by atoms with Crippen LogP contribution in [-0.2, 0) is 6.42 Å². The molecular formula is C12H15N3OS. The molecule has 0 unspecified atom stereocenters. The number of thioether (sulfide) groups is 1. The van der Waals surface area contributed by atoms with Crippen molar-refractivity contribution in [1.82, 2.24) is 10.2 Å². The molecule has 0 amide bonds. The largest absolute Gasteiger partial charge is 0.414 e. The summed E-state index contributed by atoms with van der Waals surface area (Å²) in [6, 6.07) is 9.81. The molecule has 1 aromatic carbocycles. The van der Waals surface area contributed by atoms with E-state index in [2.05, 4.69) is 10.2 Å². The first-order valence-electron chi connectivity index (χ1n) is 5.55. The average molecular weight is 249 g/mol. The Labute approximate surface area is 105 Å². The van der Waals surface area contributed by atoms with Gasteiger partial charge in [0.05, 0.1) is 6.04 Å². The van der Waals surface area contributed by atoms with Gasteiger partial charge >= 0.3 is 0 Å². The van der Waals surface area contributed by atoms with Crippen LogP contribution in [-0.4, -0.2) is 16.0 Å². The summed E-state index contributed by atoms with van der Waals surface area (Å²) in [6.45, 7) is 2.04. The summed E-state index contributed by atoms with van der Waals surface area (Å²) in [5.74, 6) is 1.42. The van der Waals surface area contributed by atoms with E-state index >= 15 is 0 Å². The fourth-order valence-electron chi connectivity index (χ4n) is 1.51. The van der Waals surface area contributed by atoms with Crippen molar-refractivity contribution in [2.24, 2.45) is 5.73 Å². The summed E-state index contributed by atoms with van der Waals surface area (Å²) < 4.78 is 5.47. The fraction of sp³-hybridized carbons (Fsp3) is 0.333. The van der Waals surface area contributed by atoms with Crippen molar-refractivity contribution < 1.29 is 4.42 Å². The maximum absolute atomic E-state index is 6.03. The minimum Gasteiger partial charge on any atom is -0.414 e. The Morgan fingerprint density at radius 2 is 2.06 bits per heavy atom. The lowest BCUT2D eigenvalue weighted by Crippen LogP contribution is -2.13. The van der Waals surface area contributed by atoms with E-state index in [-0.39, 0.29) is 6.04 Å². The second kappa shape index (κ2) is 5.84. The zero-order valence-corrected chi connectivity index (χ0v) is 10.5. The van der Waals surface area contributed by atoms with Crippen molar-refractivity contribution >= 4 is 11.8 Å². The molecule has 0 aliphatic heterocycles. The van der Waals surface area contributed by atoms with Gasteiger partial charge in [-0.05, 0) is 17.7 Å². The second-order valence-electron chi connectivity index (χ2n) is 3.64. The summed E-state index contributed by atoms with van der Waals surface area (Å²) in [4.78, 5) is 0. The van der Waals surface area contributed by atoms with Crippen LogP contribution in [0.5, 0.6) is 0 Å². The van der Waals surface area contributed by atoms with Gasteiger partial charge in [-0.1, -0.05) is 49.0 Å². The number of hydrogen-bond acceptors (Lipinski definition) is 5. The average Bonchev–Trinajstić information content (AvgIpc) is 2.79. The Balaban J connectivity index is 2.01. The van der Waals surface area contributed by atoms with E-state index < -0.39 is 0 Å². The number of nitrogens with zero attached hydrogens (tertiary/aromatic N) is 2. The summed E-state index contributed by atoms with van der Waals surface area (Å²) in [5, 5.41) is 8.49. The van der Waals surface area contributed by atoms with E-state index in [9.17, 15) is 0 Å². The van der Waals surface area contributed by atoms with Crippen LogP contribution in [0.2, 0.25) is 0 Å². The fourth-order valence-corrected chi connectivity index (χ4v) is 2.00. The lowest BCUT2D eigenvalue weighted by Gasteiger charge is -2.06. The number of aromatic nitrogens is 2. The van der Waals surface area contributed by atoms with E-state index in [0.717, 1.165) is 5.75 Å². The number of nitrogens with two attached hydrogens (primary N) is 1. The van der Waals surface area contributed by atoms with Crippen molar-refractivity contribution in [2.45, 2.75) is 24.6 Å². The topological polar surface area (TPSA) is 64.9 Å². The Morgan fingerprint density at radius 1 is 1.29 bits per heavy atom. The molecule has 5 heteroatoms. The van der Waals surface area contributed by atoms with Crippen molar-refractivity contribution in [1.29, 1.82) is 0 Å². The van der Waals surface area contributed by atoms with Crippen LogP contribution in [0.15, 0.2) is 40.0 Å². The van der Waals surface area contributed by atoms with Crippen LogP contribution < -0.4 is 5.73 Å². The molecule has 0 aliphatic carbocycles. The van der Waals surface area contributed by atoms with Gasteiger partial charge in [0, 0.05) is 0 Å². The highest BCUT2D eigenvalue weighted by atomic mass is 32.2. The van der Waals surface area contributed by atoms with Crippen molar-refractivity contribution in [3.8, 4) is 0 Å². The Bertz CT molecular complexity index is 458. The molecule has 17 heavy (non-hydrogen) atoms. The van der Waals surface area contributed by atoms with Crippen LogP contribution in [0.4, 0.5) is 0 Å². The van der Waals surface area contributed by atoms with Gasteiger partial charge in [0.25, 0.3) is 5.22 Å². The van der Waals surface area contributed by atoms with Gasteiger partial charge in [-0.2, -0.15) is 0 Å². The molecule has 2 aromatic rings. The molecule has 0 radical (unpaired) electrons. The third-order valence-corrected chi connectivity index (χ3v) is 3.01. The van der Waals surface area contributed by atoms with Crippen molar-refractivity contribution in [2.75, 3.05) is 5.75 Å². The molecule has 4 nitrogen and oxygen atoms in total. The third-order valence-electron chi connectivity index (χ3n) is 2.31. The minimum atomic E-state index is -0.240. The molecular weight excluding hydrogens is 234 g/mol. The Morgan fingerprint density at radius 3 is 2.76 bits per heavy atom. The highest BCUT2D eigenvalue weighted by Crippen LogP contribution is 2.20.